The molecule has 4 rings (SSSR count). The lowest BCUT2D eigenvalue weighted by molar-refractivity contribution is 0.171. The molecule has 1 heterocycles. The SMILES string of the molecule is CC(=C\Oc1ccc2c(c1)OCCO2)/C(=N/c1ccccc1)Oc1ccccc1. The molecule has 5 heteroatoms. The van der Waals surface area contributed by atoms with Gasteiger partial charge in [0.25, 0.3) is 0 Å². The van der Waals surface area contributed by atoms with Crippen LogP contribution in [0.5, 0.6) is 23.0 Å². The minimum atomic E-state index is 0.458. The van der Waals surface area contributed by atoms with Crippen LogP contribution in [0.3, 0.4) is 0 Å². The van der Waals surface area contributed by atoms with Crippen molar-refractivity contribution in [3.63, 3.8) is 0 Å². The lowest BCUT2D eigenvalue weighted by atomic mass is 10.3. The summed E-state index contributed by atoms with van der Waals surface area (Å²) < 4.78 is 23.0. The van der Waals surface area contributed by atoms with Crippen LogP contribution in [-0.2, 0) is 0 Å². The summed E-state index contributed by atoms with van der Waals surface area (Å²) >= 11 is 0. The third kappa shape index (κ3) is 4.96. The van der Waals surface area contributed by atoms with Gasteiger partial charge in [-0.3, -0.25) is 0 Å². The van der Waals surface area contributed by atoms with Gasteiger partial charge in [0.1, 0.15) is 24.7 Å². The van der Waals surface area contributed by atoms with E-state index < -0.39 is 0 Å². The molecular formula is C24H21NO4. The van der Waals surface area contributed by atoms with E-state index in [1.54, 1.807) is 6.26 Å². The monoisotopic (exact) mass is 387 g/mol. The number of ether oxygens (including phenoxy) is 4. The van der Waals surface area contributed by atoms with Gasteiger partial charge < -0.3 is 18.9 Å². The molecule has 1 aliphatic heterocycles. The molecule has 0 atom stereocenters. The van der Waals surface area contributed by atoms with Crippen LogP contribution in [0.25, 0.3) is 0 Å². The molecule has 29 heavy (non-hydrogen) atoms. The first-order valence-corrected chi connectivity index (χ1v) is 9.38. The summed E-state index contributed by atoms with van der Waals surface area (Å²) in [6.45, 7) is 2.98. The topological polar surface area (TPSA) is 49.3 Å². The lowest BCUT2D eigenvalue weighted by Crippen LogP contribution is -2.15. The van der Waals surface area contributed by atoms with E-state index >= 15 is 0 Å². The van der Waals surface area contributed by atoms with Crippen LogP contribution < -0.4 is 18.9 Å². The van der Waals surface area contributed by atoms with E-state index in [4.69, 9.17) is 18.9 Å². The summed E-state index contributed by atoms with van der Waals surface area (Å²) in [7, 11) is 0. The molecule has 0 amide bonds. The molecule has 146 valence electrons. The number of benzene rings is 3. The van der Waals surface area contributed by atoms with Gasteiger partial charge in [0, 0.05) is 11.6 Å². The van der Waals surface area contributed by atoms with Gasteiger partial charge in [-0.25, -0.2) is 4.99 Å². The van der Waals surface area contributed by atoms with E-state index in [1.165, 1.54) is 0 Å². The van der Waals surface area contributed by atoms with Crippen LogP contribution in [0.2, 0.25) is 0 Å². The molecule has 0 spiro atoms. The van der Waals surface area contributed by atoms with Crippen molar-refractivity contribution in [2.24, 2.45) is 4.99 Å². The molecular weight excluding hydrogens is 366 g/mol. The molecule has 0 saturated heterocycles. The second-order valence-electron chi connectivity index (χ2n) is 6.39. The zero-order chi connectivity index (χ0) is 19.9. The van der Waals surface area contributed by atoms with Crippen LogP contribution in [0.4, 0.5) is 5.69 Å². The highest BCUT2D eigenvalue weighted by Crippen LogP contribution is 2.33. The Bertz CT molecular complexity index is 1010. The first-order chi connectivity index (χ1) is 14.3. The predicted octanol–water partition coefficient (Wildman–Crippen LogP) is 5.55. The van der Waals surface area contributed by atoms with Crippen molar-refractivity contribution in [3.05, 3.63) is 90.7 Å². The van der Waals surface area contributed by atoms with Crippen molar-refractivity contribution in [1.82, 2.24) is 0 Å². The Balaban J connectivity index is 1.57. The maximum atomic E-state index is 6.02. The summed E-state index contributed by atoms with van der Waals surface area (Å²) in [6, 6.07) is 24.7. The third-order valence-corrected chi connectivity index (χ3v) is 4.17. The Hall–Kier alpha value is -3.73. The minimum Gasteiger partial charge on any atom is -0.486 e. The van der Waals surface area contributed by atoms with Gasteiger partial charge in [-0.05, 0) is 43.3 Å². The standard InChI is InChI=1S/C24H21NO4/c1-18(17-28-21-12-13-22-23(16-21)27-15-14-26-22)24(25-19-8-4-2-5-9-19)29-20-10-6-3-7-11-20/h2-13,16-17H,14-15H2,1H3/b18-17+,25-24-. The zero-order valence-electron chi connectivity index (χ0n) is 16.1. The van der Waals surface area contributed by atoms with Gasteiger partial charge in [-0.2, -0.15) is 0 Å². The van der Waals surface area contributed by atoms with E-state index in [1.807, 2.05) is 85.8 Å². The fourth-order valence-corrected chi connectivity index (χ4v) is 2.72. The molecule has 0 bridgehead atoms. The molecule has 0 radical (unpaired) electrons. The van der Waals surface area contributed by atoms with Crippen molar-refractivity contribution < 1.29 is 18.9 Å². The van der Waals surface area contributed by atoms with E-state index in [-0.39, 0.29) is 0 Å². The smallest absolute Gasteiger partial charge is 0.225 e. The highest BCUT2D eigenvalue weighted by molar-refractivity contribution is 5.96. The number of fused-ring (bicyclic) bond motifs is 1. The maximum Gasteiger partial charge on any atom is 0.225 e. The molecule has 3 aromatic rings. The molecule has 0 N–H and O–H groups in total. The van der Waals surface area contributed by atoms with Gasteiger partial charge in [-0.1, -0.05) is 36.4 Å². The van der Waals surface area contributed by atoms with Gasteiger partial charge in [0.05, 0.1) is 11.9 Å². The summed E-state index contributed by atoms with van der Waals surface area (Å²) in [5.41, 5.74) is 1.54. The third-order valence-electron chi connectivity index (χ3n) is 4.17. The molecule has 3 aromatic carbocycles. The molecule has 0 aliphatic carbocycles. The highest BCUT2D eigenvalue weighted by atomic mass is 16.6. The van der Waals surface area contributed by atoms with Crippen LogP contribution in [0, 0.1) is 0 Å². The van der Waals surface area contributed by atoms with Gasteiger partial charge in [0.15, 0.2) is 11.5 Å². The van der Waals surface area contributed by atoms with Crippen molar-refractivity contribution in [2.75, 3.05) is 13.2 Å². The average Bonchev–Trinajstić information content (AvgIpc) is 2.78. The summed E-state index contributed by atoms with van der Waals surface area (Å²) in [5.74, 6) is 3.21. The van der Waals surface area contributed by atoms with Gasteiger partial charge >= 0.3 is 0 Å². The largest absolute Gasteiger partial charge is 0.486 e. The Morgan fingerprint density at radius 1 is 0.828 bits per heavy atom. The van der Waals surface area contributed by atoms with Crippen LogP contribution in [0.1, 0.15) is 6.92 Å². The second-order valence-corrected chi connectivity index (χ2v) is 6.39. The summed E-state index contributed by atoms with van der Waals surface area (Å²) in [6.07, 6.45) is 1.62. The highest BCUT2D eigenvalue weighted by Gasteiger charge is 2.12. The summed E-state index contributed by atoms with van der Waals surface area (Å²) in [4.78, 5) is 4.64. The first-order valence-electron chi connectivity index (χ1n) is 9.38. The fourth-order valence-electron chi connectivity index (χ4n) is 2.72. The van der Waals surface area contributed by atoms with Crippen LogP contribution in [-0.4, -0.2) is 19.1 Å². The quantitative estimate of drug-likeness (QED) is 0.327. The van der Waals surface area contributed by atoms with Gasteiger partial charge in [0.2, 0.25) is 5.90 Å². The molecule has 1 aliphatic rings. The zero-order valence-corrected chi connectivity index (χ0v) is 16.1. The number of para-hydroxylation sites is 2. The molecule has 5 nitrogen and oxygen atoms in total. The fraction of sp³-hybridized carbons (Fsp3) is 0.125. The van der Waals surface area contributed by atoms with E-state index in [0.717, 1.165) is 17.0 Å². The number of rotatable bonds is 5. The normalized spacial score (nSPS) is 13.7. The van der Waals surface area contributed by atoms with Crippen molar-refractivity contribution in [1.29, 1.82) is 0 Å². The Kier molecular flexibility index (Phi) is 5.76. The van der Waals surface area contributed by atoms with Crippen molar-refractivity contribution >= 4 is 11.6 Å². The second kappa shape index (κ2) is 8.97. The van der Waals surface area contributed by atoms with E-state index in [9.17, 15) is 0 Å². The van der Waals surface area contributed by atoms with E-state index in [2.05, 4.69) is 4.99 Å². The Labute approximate surface area is 169 Å². The molecule has 0 fully saturated rings. The van der Waals surface area contributed by atoms with Gasteiger partial charge in [-0.15, -0.1) is 0 Å². The van der Waals surface area contributed by atoms with E-state index in [0.29, 0.717) is 36.4 Å². The van der Waals surface area contributed by atoms with Crippen LogP contribution >= 0.6 is 0 Å². The average molecular weight is 387 g/mol. The number of hydrogen-bond donors (Lipinski definition) is 0. The first kappa shape index (κ1) is 18.6. The lowest BCUT2D eigenvalue weighted by Gasteiger charge is -2.18. The molecule has 0 saturated carbocycles. The van der Waals surface area contributed by atoms with Crippen molar-refractivity contribution in [3.8, 4) is 23.0 Å². The molecule has 0 aromatic heterocycles. The summed E-state index contributed by atoms with van der Waals surface area (Å²) in [5, 5.41) is 0. The Morgan fingerprint density at radius 3 is 2.28 bits per heavy atom. The number of aliphatic imine (C=N–C) groups is 1. The van der Waals surface area contributed by atoms with Crippen LogP contribution in [0.15, 0.2) is 95.7 Å². The number of hydrogen-bond acceptors (Lipinski definition) is 5. The predicted molar refractivity (Wildman–Crippen MR) is 112 cm³/mol. The Morgan fingerprint density at radius 2 is 1.52 bits per heavy atom. The van der Waals surface area contributed by atoms with Crippen molar-refractivity contribution in [2.45, 2.75) is 6.92 Å². The minimum absolute atomic E-state index is 0.458. The maximum absolute atomic E-state index is 6.02. The number of nitrogens with zero attached hydrogens (tertiary/aromatic N) is 1. The molecule has 0 unspecified atom stereocenters.